The van der Waals surface area contributed by atoms with Crippen LogP contribution in [0.2, 0.25) is 0 Å². The van der Waals surface area contributed by atoms with E-state index in [1.54, 1.807) is 0 Å². The number of rotatable bonds is 2. The van der Waals surface area contributed by atoms with E-state index in [1.165, 1.54) is 49.0 Å². The third kappa shape index (κ3) is 2.62. The lowest BCUT2D eigenvalue weighted by Gasteiger charge is -2.12. The first-order chi connectivity index (χ1) is 13.2. The number of hydrogen-bond donors (Lipinski definition) is 0. The average molecular weight is 344 g/mol. The summed E-state index contributed by atoms with van der Waals surface area (Å²) < 4.78 is 0. The van der Waals surface area contributed by atoms with Gasteiger partial charge in [-0.05, 0) is 74.1 Å². The van der Waals surface area contributed by atoms with Crippen molar-refractivity contribution in [2.75, 3.05) is 0 Å². The highest BCUT2D eigenvalue weighted by Crippen LogP contribution is 2.36. The predicted octanol–water partition coefficient (Wildman–Crippen LogP) is 7.85. The van der Waals surface area contributed by atoms with Crippen molar-refractivity contribution in [3.05, 3.63) is 103 Å². The molecule has 0 radical (unpaired) electrons. The smallest absolute Gasteiger partial charge is 0.00988 e. The van der Waals surface area contributed by atoms with E-state index < -0.39 is 0 Å². The third-order valence-electron chi connectivity index (χ3n) is 5.41. The zero-order valence-corrected chi connectivity index (χ0v) is 15.4. The molecule has 0 N–H and O–H groups in total. The fraction of sp³-hybridized carbons (Fsp3) is 0.0370. The van der Waals surface area contributed by atoms with E-state index in [0.29, 0.717) is 0 Å². The van der Waals surface area contributed by atoms with Gasteiger partial charge in [0.15, 0.2) is 0 Å². The van der Waals surface area contributed by atoms with Crippen LogP contribution in [0.5, 0.6) is 0 Å². The second-order valence-corrected chi connectivity index (χ2v) is 7.25. The van der Waals surface area contributed by atoms with Crippen LogP contribution in [-0.2, 0) is 0 Å². The Balaban J connectivity index is 1.79. The van der Waals surface area contributed by atoms with E-state index in [4.69, 9.17) is 0 Å². The minimum atomic E-state index is 1.10. The second-order valence-electron chi connectivity index (χ2n) is 7.25. The number of fused-ring (bicyclic) bond motifs is 4. The number of hydrogen-bond acceptors (Lipinski definition) is 0. The van der Waals surface area contributed by atoms with Crippen LogP contribution in [0.25, 0.3) is 49.0 Å². The summed E-state index contributed by atoms with van der Waals surface area (Å²) in [5.41, 5.74) is 4.84. The Kier molecular flexibility index (Phi) is 3.58. The van der Waals surface area contributed by atoms with Gasteiger partial charge in [-0.1, -0.05) is 84.9 Å². The number of benzene rings is 5. The summed E-state index contributed by atoms with van der Waals surface area (Å²) in [6.45, 7) is 6.11. The van der Waals surface area contributed by atoms with Crippen LogP contribution in [0.15, 0.2) is 97.6 Å². The molecule has 0 saturated carbocycles. The minimum absolute atomic E-state index is 1.10. The van der Waals surface area contributed by atoms with Gasteiger partial charge in [0, 0.05) is 0 Å². The van der Waals surface area contributed by atoms with Crippen molar-refractivity contribution in [1.82, 2.24) is 0 Å². The highest BCUT2D eigenvalue weighted by Gasteiger charge is 2.09. The Morgan fingerprint density at radius 3 is 2.07 bits per heavy atom. The Morgan fingerprint density at radius 2 is 1.26 bits per heavy atom. The van der Waals surface area contributed by atoms with Gasteiger partial charge < -0.3 is 0 Å². The lowest BCUT2D eigenvalue weighted by molar-refractivity contribution is 1.61. The summed E-state index contributed by atoms with van der Waals surface area (Å²) in [4.78, 5) is 0. The summed E-state index contributed by atoms with van der Waals surface area (Å²) in [5, 5.41) is 7.71. The molecule has 0 heterocycles. The Hall–Kier alpha value is -3.38. The molecule has 0 fully saturated rings. The van der Waals surface area contributed by atoms with Crippen molar-refractivity contribution >= 4 is 37.9 Å². The summed E-state index contributed by atoms with van der Waals surface area (Å²) in [6.07, 6.45) is 0. The van der Waals surface area contributed by atoms with Crippen LogP contribution in [0.4, 0.5) is 0 Å². The van der Waals surface area contributed by atoms with Crippen molar-refractivity contribution in [3.63, 3.8) is 0 Å². The molecule has 0 aliphatic heterocycles. The molecule has 5 aromatic rings. The zero-order chi connectivity index (χ0) is 18.4. The van der Waals surface area contributed by atoms with E-state index in [-0.39, 0.29) is 0 Å². The number of allylic oxidation sites excluding steroid dienone is 1. The molecule has 5 aromatic carbocycles. The Bertz CT molecular complexity index is 1340. The minimum Gasteiger partial charge on any atom is -0.0955 e. The SMILES string of the molecule is C=C(C)c1ccc2cc(-c3cc4ccccc4c4ccccc34)ccc2c1. The van der Waals surface area contributed by atoms with Crippen molar-refractivity contribution in [2.24, 2.45) is 0 Å². The molecule has 27 heavy (non-hydrogen) atoms. The first-order valence-corrected chi connectivity index (χ1v) is 9.31. The van der Waals surface area contributed by atoms with Gasteiger partial charge >= 0.3 is 0 Å². The van der Waals surface area contributed by atoms with Crippen LogP contribution in [0.1, 0.15) is 12.5 Å². The quantitative estimate of drug-likeness (QED) is 0.286. The molecule has 0 aromatic heterocycles. The molecule has 0 atom stereocenters. The average Bonchev–Trinajstić information content (AvgIpc) is 2.72. The summed E-state index contributed by atoms with van der Waals surface area (Å²) >= 11 is 0. The van der Waals surface area contributed by atoms with Crippen LogP contribution in [0, 0.1) is 0 Å². The van der Waals surface area contributed by atoms with Gasteiger partial charge in [-0.25, -0.2) is 0 Å². The van der Waals surface area contributed by atoms with Crippen LogP contribution < -0.4 is 0 Å². The maximum Gasteiger partial charge on any atom is -0.00988 e. The second kappa shape index (κ2) is 6.10. The van der Waals surface area contributed by atoms with Gasteiger partial charge in [0.2, 0.25) is 0 Å². The van der Waals surface area contributed by atoms with Crippen molar-refractivity contribution < 1.29 is 0 Å². The topological polar surface area (TPSA) is 0 Å². The monoisotopic (exact) mass is 344 g/mol. The van der Waals surface area contributed by atoms with Crippen LogP contribution in [0.3, 0.4) is 0 Å². The van der Waals surface area contributed by atoms with Gasteiger partial charge in [-0.15, -0.1) is 0 Å². The van der Waals surface area contributed by atoms with Gasteiger partial charge in [-0.2, -0.15) is 0 Å². The molecular formula is C27H20. The highest BCUT2D eigenvalue weighted by molar-refractivity contribution is 6.14. The molecule has 0 amide bonds. The summed E-state index contributed by atoms with van der Waals surface area (Å²) in [6, 6.07) is 33.0. The molecule has 0 nitrogen and oxygen atoms in total. The van der Waals surface area contributed by atoms with E-state index in [9.17, 15) is 0 Å². The maximum atomic E-state index is 4.06. The molecular weight excluding hydrogens is 324 g/mol. The van der Waals surface area contributed by atoms with E-state index >= 15 is 0 Å². The molecule has 0 bridgehead atoms. The normalized spacial score (nSPS) is 11.3. The fourth-order valence-electron chi connectivity index (χ4n) is 3.97. The molecule has 0 unspecified atom stereocenters. The van der Waals surface area contributed by atoms with Gasteiger partial charge in [0.05, 0.1) is 0 Å². The lowest BCUT2D eigenvalue weighted by Crippen LogP contribution is -1.86. The maximum absolute atomic E-state index is 4.06. The molecule has 0 aliphatic carbocycles. The summed E-state index contributed by atoms with van der Waals surface area (Å²) in [5.74, 6) is 0. The Labute approximate surface area is 159 Å². The van der Waals surface area contributed by atoms with Crippen molar-refractivity contribution in [3.8, 4) is 11.1 Å². The zero-order valence-electron chi connectivity index (χ0n) is 15.4. The Morgan fingerprint density at radius 1 is 0.593 bits per heavy atom. The molecule has 5 rings (SSSR count). The van der Waals surface area contributed by atoms with E-state index in [1.807, 2.05) is 0 Å². The first kappa shape index (κ1) is 15.8. The predicted molar refractivity (Wildman–Crippen MR) is 119 cm³/mol. The van der Waals surface area contributed by atoms with E-state index in [2.05, 4.69) is 104 Å². The van der Waals surface area contributed by atoms with Gasteiger partial charge in [0.1, 0.15) is 0 Å². The molecule has 128 valence electrons. The molecule has 0 heteroatoms. The third-order valence-corrected chi connectivity index (χ3v) is 5.41. The van der Waals surface area contributed by atoms with Crippen molar-refractivity contribution in [2.45, 2.75) is 6.92 Å². The van der Waals surface area contributed by atoms with E-state index in [0.717, 1.165) is 5.57 Å². The molecule has 0 aliphatic rings. The highest BCUT2D eigenvalue weighted by atomic mass is 14.1. The molecule has 0 spiro atoms. The lowest BCUT2D eigenvalue weighted by atomic mass is 9.92. The largest absolute Gasteiger partial charge is 0.0955 e. The fourth-order valence-corrected chi connectivity index (χ4v) is 3.97. The van der Waals surface area contributed by atoms with Crippen LogP contribution in [-0.4, -0.2) is 0 Å². The van der Waals surface area contributed by atoms with Gasteiger partial charge in [0.25, 0.3) is 0 Å². The van der Waals surface area contributed by atoms with Crippen molar-refractivity contribution in [1.29, 1.82) is 0 Å². The van der Waals surface area contributed by atoms with Crippen LogP contribution >= 0.6 is 0 Å². The first-order valence-electron chi connectivity index (χ1n) is 9.31. The molecule has 0 saturated heterocycles. The standard InChI is InChI=1S/C27H20/c1-18(2)19-11-12-21-16-23(14-13-20(21)15-19)27-17-22-7-3-4-8-24(22)25-9-5-6-10-26(25)27/h3-17H,1H2,2H3. The summed E-state index contributed by atoms with van der Waals surface area (Å²) in [7, 11) is 0. The van der Waals surface area contributed by atoms with Gasteiger partial charge in [-0.3, -0.25) is 0 Å².